The Hall–Kier alpha value is -7.76. The molecular formula is C61H49N5. The lowest BCUT2D eigenvalue weighted by atomic mass is 9.76. The van der Waals surface area contributed by atoms with Crippen molar-refractivity contribution >= 4 is 29.1 Å². The van der Waals surface area contributed by atoms with Gasteiger partial charge in [-0.05, 0) is 94.6 Å². The van der Waals surface area contributed by atoms with Crippen molar-refractivity contribution in [3.8, 4) is 22.3 Å². The summed E-state index contributed by atoms with van der Waals surface area (Å²) in [6, 6.07) is 66.3. The number of fused-ring (bicyclic) bond motifs is 7. The molecule has 66 heavy (non-hydrogen) atoms. The first-order chi connectivity index (χ1) is 32.7. The topological polar surface area (TPSA) is 43.2 Å². The van der Waals surface area contributed by atoms with Crippen LogP contribution in [0, 0.1) is 11.8 Å². The lowest BCUT2D eigenvalue weighted by Gasteiger charge is -2.38. The molecule has 3 heterocycles. The number of hydrogen-bond acceptors (Lipinski definition) is 5. The van der Waals surface area contributed by atoms with E-state index in [4.69, 9.17) is 9.98 Å². The van der Waals surface area contributed by atoms with Crippen LogP contribution in [0.4, 0.5) is 11.4 Å². The second kappa shape index (κ2) is 16.0. The zero-order valence-corrected chi connectivity index (χ0v) is 36.7. The van der Waals surface area contributed by atoms with Gasteiger partial charge in [-0.25, -0.2) is 9.98 Å². The first kappa shape index (κ1) is 38.7. The van der Waals surface area contributed by atoms with Gasteiger partial charge >= 0.3 is 0 Å². The number of benzene rings is 7. The van der Waals surface area contributed by atoms with Gasteiger partial charge in [-0.15, -0.1) is 0 Å². The van der Waals surface area contributed by atoms with Gasteiger partial charge in [0.15, 0.2) is 6.17 Å². The van der Waals surface area contributed by atoms with Crippen LogP contribution in [-0.2, 0) is 6.42 Å². The fraction of sp³-hybridized carbons (Fsp3) is 0.148. The van der Waals surface area contributed by atoms with Crippen molar-refractivity contribution in [2.75, 3.05) is 9.80 Å². The van der Waals surface area contributed by atoms with Crippen LogP contribution in [0.3, 0.4) is 0 Å². The number of aliphatic imine (C=N–C) groups is 2. The quantitative estimate of drug-likeness (QED) is 0.174. The molecule has 5 heteroatoms. The van der Waals surface area contributed by atoms with Gasteiger partial charge in [0.1, 0.15) is 11.7 Å². The third kappa shape index (κ3) is 6.52. The van der Waals surface area contributed by atoms with Crippen LogP contribution in [0.2, 0.25) is 0 Å². The molecule has 5 nitrogen and oxygen atoms in total. The number of anilines is 2. The lowest BCUT2D eigenvalue weighted by Crippen LogP contribution is -2.39. The zero-order valence-electron chi connectivity index (χ0n) is 36.7. The maximum Gasteiger partial charge on any atom is 0.170 e. The average molecular weight is 852 g/mol. The number of rotatable bonds is 7. The molecule has 7 aromatic carbocycles. The molecule has 3 aliphatic carbocycles. The highest BCUT2D eigenvalue weighted by atomic mass is 15.2. The number of amidine groups is 2. The largest absolute Gasteiger partial charge is 0.341 e. The van der Waals surface area contributed by atoms with Crippen LogP contribution in [0.5, 0.6) is 0 Å². The number of hydrogen-bond donors (Lipinski definition) is 1. The second-order valence-electron chi connectivity index (χ2n) is 18.4. The van der Waals surface area contributed by atoms with Crippen LogP contribution in [0.15, 0.2) is 234 Å². The summed E-state index contributed by atoms with van der Waals surface area (Å²) in [5, 5.41) is 3.76. The smallest absolute Gasteiger partial charge is 0.170 e. The molecular weight excluding hydrogens is 803 g/mol. The van der Waals surface area contributed by atoms with E-state index < -0.39 is 6.17 Å². The lowest BCUT2D eigenvalue weighted by molar-refractivity contribution is 0.409. The SMILES string of the molecule is C1=CC2c3ccccc3N(C3=CC4C5Cc6ccccc6C=C5N(c5ccc(C6=NC(c7ccccc7-c7ccccc7)N=C(c7ccccc7-c7ccccc7)N6)cc5)C4CC3)C2C=C1. The van der Waals surface area contributed by atoms with E-state index in [0.717, 1.165) is 69.9 Å². The third-order valence-corrected chi connectivity index (χ3v) is 14.8. The van der Waals surface area contributed by atoms with E-state index in [1.807, 2.05) is 0 Å². The van der Waals surface area contributed by atoms with Crippen LogP contribution < -0.4 is 15.1 Å². The normalized spacial score (nSPS) is 23.3. The molecule has 6 unspecified atom stereocenters. The number of nitrogens with one attached hydrogen (secondary N) is 1. The highest BCUT2D eigenvalue weighted by Gasteiger charge is 2.49. The minimum absolute atomic E-state index is 0.322. The summed E-state index contributed by atoms with van der Waals surface area (Å²) in [5.41, 5.74) is 17.4. The fourth-order valence-electron chi connectivity index (χ4n) is 11.8. The van der Waals surface area contributed by atoms with E-state index in [2.05, 4.69) is 234 Å². The van der Waals surface area contributed by atoms with Crippen LogP contribution in [-0.4, -0.2) is 23.8 Å². The summed E-state index contributed by atoms with van der Waals surface area (Å²) in [6.07, 6.45) is 17.2. The van der Waals surface area contributed by atoms with Gasteiger partial charge in [0.25, 0.3) is 0 Å². The molecule has 0 spiro atoms. The molecule has 318 valence electrons. The fourth-order valence-corrected chi connectivity index (χ4v) is 11.8. The zero-order chi connectivity index (χ0) is 43.6. The molecule has 0 radical (unpaired) electrons. The van der Waals surface area contributed by atoms with Gasteiger partial charge in [0.05, 0.1) is 6.04 Å². The molecule has 3 aliphatic heterocycles. The van der Waals surface area contributed by atoms with Crippen molar-refractivity contribution in [3.63, 3.8) is 0 Å². The third-order valence-electron chi connectivity index (χ3n) is 14.8. The van der Waals surface area contributed by atoms with Crippen molar-refractivity contribution in [1.82, 2.24) is 5.32 Å². The Morgan fingerprint density at radius 2 is 1.18 bits per heavy atom. The van der Waals surface area contributed by atoms with Crippen molar-refractivity contribution in [3.05, 3.63) is 257 Å². The van der Waals surface area contributed by atoms with Gasteiger partial charge < -0.3 is 15.1 Å². The Bertz CT molecular complexity index is 3190. The van der Waals surface area contributed by atoms with Gasteiger partial charge in [-0.3, -0.25) is 0 Å². The van der Waals surface area contributed by atoms with E-state index in [1.54, 1.807) is 0 Å². The number of allylic oxidation sites excluding steroid dienone is 4. The van der Waals surface area contributed by atoms with Gasteiger partial charge in [-0.1, -0.05) is 182 Å². The predicted octanol–water partition coefficient (Wildman–Crippen LogP) is 13.3. The minimum Gasteiger partial charge on any atom is -0.341 e. The molecule has 0 saturated carbocycles. The Morgan fingerprint density at radius 1 is 0.530 bits per heavy atom. The monoisotopic (exact) mass is 851 g/mol. The van der Waals surface area contributed by atoms with E-state index in [0.29, 0.717) is 29.8 Å². The van der Waals surface area contributed by atoms with E-state index >= 15 is 0 Å². The maximum absolute atomic E-state index is 5.43. The minimum atomic E-state index is -0.454. The van der Waals surface area contributed by atoms with Crippen LogP contribution >= 0.6 is 0 Å². The average Bonchev–Trinajstić information content (AvgIpc) is 3.90. The van der Waals surface area contributed by atoms with Crippen molar-refractivity contribution in [2.24, 2.45) is 21.8 Å². The molecule has 0 bridgehead atoms. The van der Waals surface area contributed by atoms with Crippen LogP contribution in [0.25, 0.3) is 28.3 Å². The van der Waals surface area contributed by atoms with Crippen molar-refractivity contribution in [1.29, 1.82) is 0 Å². The Balaban J connectivity index is 0.881. The number of nitrogens with zero attached hydrogens (tertiary/aromatic N) is 4. The summed E-state index contributed by atoms with van der Waals surface area (Å²) in [4.78, 5) is 16.2. The molecule has 7 aromatic rings. The summed E-state index contributed by atoms with van der Waals surface area (Å²) in [6.45, 7) is 0. The highest BCUT2D eigenvalue weighted by Crippen LogP contribution is 2.53. The maximum atomic E-state index is 5.43. The highest BCUT2D eigenvalue weighted by molar-refractivity contribution is 6.18. The summed E-state index contributed by atoms with van der Waals surface area (Å²) in [5.74, 6) is 2.79. The molecule has 6 aliphatic rings. The van der Waals surface area contributed by atoms with E-state index in [1.165, 1.54) is 39.5 Å². The van der Waals surface area contributed by atoms with E-state index in [-0.39, 0.29) is 0 Å². The summed E-state index contributed by atoms with van der Waals surface area (Å²) in [7, 11) is 0. The summed E-state index contributed by atoms with van der Waals surface area (Å²) < 4.78 is 0. The van der Waals surface area contributed by atoms with Gasteiger partial charge in [-0.2, -0.15) is 0 Å². The molecule has 13 rings (SSSR count). The first-order valence-electron chi connectivity index (χ1n) is 23.6. The molecule has 0 amide bonds. The van der Waals surface area contributed by atoms with Crippen LogP contribution in [0.1, 0.15) is 58.3 Å². The molecule has 1 N–H and O–H groups in total. The van der Waals surface area contributed by atoms with E-state index in [9.17, 15) is 0 Å². The Morgan fingerprint density at radius 3 is 2.00 bits per heavy atom. The van der Waals surface area contributed by atoms with Gasteiger partial charge in [0.2, 0.25) is 0 Å². The van der Waals surface area contributed by atoms with Crippen molar-refractivity contribution < 1.29 is 0 Å². The molecule has 6 atom stereocenters. The summed E-state index contributed by atoms with van der Waals surface area (Å²) >= 11 is 0. The molecule has 0 aromatic heterocycles. The van der Waals surface area contributed by atoms with Gasteiger partial charge in [0, 0.05) is 63.3 Å². The first-order valence-corrected chi connectivity index (χ1v) is 23.6. The Labute approximate surface area is 387 Å². The molecule has 1 fully saturated rings. The standard InChI is InChI=1S/C61H49N5/c1-3-17-40(18-4-1)47-23-9-11-27-51(47)60-62-59(63-61(64-60)52-28-12-10-24-48(52)41-19-5-2-6-20-41)42-31-33-45(34-32-42)65-57-36-35-46(39-54(57)53-37-43-21-7-8-22-44(43)38-58(53)65)66-55-29-15-13-25-49(55)50-26-14-16-30-56(50)66/h1-34,38-39,49,53-55,57,60H,35-37H2,(H,62,63,64). The number of para-hydroxylation sites is 1. The van der Waals surface area contributed by atoms with Crippen molar-refractivity contribution in [2.45, 2.75) is 43.4 Å². The Kier molecular flexibility index (Phi) is 9.40. The molecule has 1 saturated heterocycles. The second-order valence-corrected chi connectivity index (χ2v) is 18.4. The predicted molar refractivity (Wildman–Crippen MR) is 272 cm³/mol.